The summed E-state index contributed by atoms with van der Waals surface area (Å²) < 4.78 is 4.76. The summed E-state index contributed by atoms with van der Waals surface area (Å²) in [6.45, 7) is 0. The first-order valence-corrected chi connectivity index (χ1v) is 7.68. The highest BCUT2D eigenvalue weighted by Gasteiger charge is 2.42. The Morgan fingerprint density at radius 3 is 1.91 bits per heavy atom. The second-order valence-electron chi connectivity index (χ2n) is 5.88. The van der Waals surface area contributed by atoms with E-state index in [1.54, 1.807) is 0 Å². The number of esters is 1. The van der Waals surface area contributed by atoms with Crippen molar-refractivity contribution < 1.29 is 14.3 Å². The SMILES string of the molecule is COC(=O)C1CCC1C(=O)c1ccc(-c2ccc(N)cc2)cc1. The van der Waals surface area contributed by atoms with Crippen molar-refractivity contribution >= 4 is 17.4 Å². The van der Waals surface area contributed by atoms with E-state index in [0.717, 1.165) is 29.7 Å². The summed E-state index contributed by atoms with van der Waals surface area (Å²) >= 11 is 0. The number of carbonyl (C=O) groups excluding carboxylic acids is 2. The molecular weight excluding hydrogens is 290 g/mol. The number of carbonyl (C=O) groups is 2. The van der Waals surface area contributed by atoms with Gasteiger partial charge in [-0.05, 0) is 36.1 Å². The molecule has 0 aliphatic heterocycles. The third-order valence-electron chi connectivity index (χ3n) is 4.53. The summed E-state index contributed by atoms with van der Waals surface area (Å²) in [6.07, 6.45) is 1.48. The maximum Gasteiger partial charge on any atom is 0.309 e. The van der Waals surface area contributed by atoms with Crippen molar-refractivity contribution in [2.24, 2.45) is 11.8 Å². The molecule has 0 bridgehead atoms. The van der Waals surface area contributed by atoms with Gasteiger partial charge in [0, 0.05) is 17.2 Å². The van der Waals surface area contributed by atoms with E-state index >= 15 is 0 Å². The van der Waals surface area contributed by atoms with Gasteiger partial charge in [0.15, 0.2) is 5.78 Å². The van der Waals surface area contributed by atoms with E-state index in [1.807, 2.05) is 48.5 Å². The van der Waals surface area contributed by atoms with Crippen LogP contribution in [0.25, 0.3) is 11.1 Å². The zero-order valence-electron chi connectivity index (χ0n) is 13.0. The van der Waals surface area contributed by atoms with Crippen molar-refractivity contribution in [3.63, 3.8) is 0 Å². The Labute approximate surface area is 135 Å². The van der Waals surface area contributed by atoms with E-state index in [1.165, 1.54) is 7.11 Å². The highest BCUT2D eigenvalue weighted by molar-refractivity contribution is 6.01. The molecule has 1 aliphatic rings. The van der Waals surface area contributed by atoms with Gasteiger partial charge in [-0.3, -0.25) is 9.59 Å². The molecule has 1 saturated carbocycles. The topological polar surface area (TPSA) is 69.4 Å². The van der Waals surface area contributed by atoms with Crippen LogP contribution in [-0.4, -0.2) is 18.9 Å². The number of hydrogen-bond donors (Lipinski definition) is 1. The van der Waals surface area contributed by atoms with E-state index in [9.17, 15) is 9.59 Å². The maximum absolute atomic E-state index is 12.5. The first-order valence-electron chi connectivity index (χ1n) is 7.68. The molecule has 0 heterocycles. The van der Waals surface area contributed by atoms with Crippen molar-refractivity contribution in [3.8, 4) is 11.1 Å². The van der Waals surface area contributed by atoms with E-state index in [4.69, 9.17) is 10.5 Å². The number of anilines is 1. The van der Waals surface area contributed by atoms with Gasteiger partial charge in [0.25, 0.3) is 0 Å². The number of methoxy groups -OCH3 is 1. The standard InChI is InChI=1S/C19H19NO3/c1-23-19(22)17-11-10-16(17)18(21)14-4-2-12(3-5-14)13-6-8-15(20)9-7-13/h2-9,16-17H,10-11,20H2,1H3. The number of Topliss-reactive ketones (excluding diaryl/α,β-unsaturated/α-hetero) is 1. The minimum absolute atomic E-state index is 0.0236. The molecule has 0 aromatic heterocycles. The Morgan fingerprint density at radius 1 is 0.913 bits per heavy atom. The lowest BCUT2D eigenvalue weighted by molar-refractivity contribution is -0.150. The zero-order chi connectivity index (χ0) is 16.4. The first-order chi connectivity index (χ1) is 11.1. The third-order valence-corrected chi connectivity index (χ3v) is 4.53. The summed E-state index contributed by atoms with van der Waals surface area (Å²) in [4.78, 5) is 24.1. The van der Waals surface area contributed by atoms with Crippen molar-refractivity contribution in [2.45, 2.75) is 12.8 Å². The summed E-state index contributed by atoms with van der Waals surface area (Å²) in [5.41, 5.74) is 9.13. The molecule has 0 amide bonds. The lowest BCUT2D eigenvalue weighted by Crippen LogP contribution is -2.38. The lowest BCUT2D eigenvalue weighted by Gasteiger charge is -2.33. The average molecular weight is 309 g/mol. The van der Waals surface area contributed by atoms with Crippen LogP contribution in [0, 0.1) is 11.8 Å². The van der Waals surface area contributed by atoms with Crippen LogP contribution in [0.2, 0.25) is 0 Å². The quantitative estimate of drug-likeness (QED) is 0.534. The second-order valence-corrected chi connectivity index (χ2v) is 5.88. The smallest absolute Gasteiger partial charge is 0.309 e. The van der Waals surface area contributed by atoms with E-state index in [-0.39, 0.29) is 23.6 Å². The maximum atomic E-state index is 12.5. The van der Waals surface area contributed by atoms with Crippen molar-refractivity contribution in [1.29, 1.82) is 0 Å². The molecule has 2 aromatic carbocycles. The van der Waals surface area contributed by atoms with Crippen LogP contribution in [0.15, 0.2) is 48.5 Å². The molecule has 2 aromatic rings. The van der Waals surface area contributed by atoms with Crippen LogP contribution in [0.5, 0.6) is 0 Å². The first kappa shape index (κ1) is 15.3. The number of nitrogens with two attached hydrogens (primary N) is 1. The molecule has 1 fully saturated rings. The van der Waals surface area contributed by atoms with Crippen LogP contribution >= 0.6 is 0 Å². The molecule has 3 rings (SSSR count). The van der Waals surface area contributed by atoms with Gasteiger partial charge >= 0.3 is 5.97 Å². The van der Waals surface area contributed by atoms with Crippen LogP contribution < -0.4 is 5.73 Å². The number of hydrogen-bond acceptors (Lipinski definition) is 4. The highest BCUT2D eigenvalue weighted by Crippen LogP contribution is 2.37. The van der Waals surface area contributed by atoms with Gasteiger partial charge in [-0.2, -0.15) is 0 Å². The molecule has 0 radical (unpaired) electrons. The number of rotatable bonds is 4. The minimum Gasteiger partial charge on any atom is -0.469 e. The summed E-state index contributed by atoms with van der Waals surface area (Å²) in [7, 11) is 1.36. The number of ketones is 1. The predicted octanol–water partition coefficient (Wildman–Crippen LogP) is 3.32. The molecule has 23 heavy (non-hydrogen) atoms. The molecule has 4 nitrogen and oxygen atoms in total. The lowest BCUT2D eigenvalue weighted by atomic mass is 9.70. The van der Waals surface area contributed by atoms with Gasteiger partial charge in [0.05, 0.1) is 13.0 Å². The van der Waals surface area contributed by atoms with Gasteiger partial charge in [-0.15, -0.1) is 0 Å². The summed E-state index contributed by atoms with van der Waals surface area (Å²) in [5.74, 6) is -0.794. The zero-order valence-corrected chi connectivity index (χ0v) is 13.0. The molecular formula is C19H19NO3. The third kappa shape index (κ3) is 2.97. The largest absolute Gasteiger partial charge is 0.469 e. The van der Waals surface area contributed by atoms with Crippen molar-refractivity contribution in [1.82, 2.24) is 0 Å². The van der Waals surface area contributed by atoms with Gasteiger partial charge < -0.3 is 10.5 Å². The molecule has 1 aliphatic carbocycles. The molecule has 2 unspecified atom stereocenters. The molecule has 2 atom stereocenters. The van der Waals surface area contributed by atoms with Crippen molar-refractivity contribution in [2.75, 3.05) is 12.8 Å². The fourth-order valence-electron chi connectivity index (χ4n) is 2.96. The average Bonchev–Trinajstić information content (AvgIpc) is 2.54. The molecule has 4 heteroatoms. The summed E-state index contributed by atoms with van der Waals surface area (Å²) in [5, 5.41) is 0. The van der Waals surface area contributed by atoms with Crippen LogP contribution in [0.3, 0.4) is 0 Å². The van der Waals surface area contributed by atoms with Crippen LogP contribution in [0.1, 0.15) is 23.2 Å². The fourth-order valence-corrected chi connectivity index (χ4v) is 2.96. The van der Waals surface area contributed by atoms with E-state index in [0.29, 0.717) is 5.56 Å². The number of ether oxygens (including phenoxy) is 1. The van der Waals surface area contributed by atoms with Gasteiger partial charge in [0.1, 0.15) is 0 Å². The Kier molecular flexibility index (Phi) is 4.15. The number of nitrogen functional groups attached to an aromatic ring is 1. The van der Waals surface area contributed by atoms with Crippen LogP contribution in [-0.2, 0) is 9.53 Å². The Balaban J connectivity index is 1.76. The normalized spacial score (nSPS) is 19.7. The van der Waals surface area contributed by atoms with E-state index in [2.05, 4.69) is 0 Å². The Hall–Kier alpha value is -2.62. The van der Waals surface area contributed by atoms with E-state index < -0.39 is 0 Å². The second kappa shape index (κ2) is 6.24. The Bertz CT molecular complexity index is 719. The number of benzene rings is 2. The Morgan fingerprint density at radius 2 is 1.43 bits per heavy atom. The molecule has 0 saturated heterocycles. The van der Waals surface area contributed by atoms with Crippen LogP contribution in [0.4, 0.5) is 5.69 Å². The monoisotopic (exact) mass is 309 g/mol. The van der Waals surface area contributed by atoms with Crippen molar-refractivity contribution in [3.05, 3.63) is 54.1 Å². The molecule has 0 spiro atoms. The minimum atomic E-state index is -0.288. The van der Waals surface area contributed by atoms with Gasteiger partial charge in [0.2, 0.25) is 0 Å². The molecule has 118 valence electrons. The predicted molar refractivity (Wildman–Crippen MR) is 88.9 cm³/mol. The fraction of sp³-hybridized carbons (Fsp3) is 0.263. The summed E-state index contributed by atoms with van der Waals surface area (Å²) in [6, 6.07) is 15.1. The molecule has 2 N–H and O–H groups in total. The van der Waals surface area contributed by atoms with Gasteiger partial charge in [-0.1, -0.05) is 36.4 Å². The highest BCUT2D eigenvalue weighted by atomic mass is 16.5. The van der Waals surface area contributed by atoms with Gasteiger partial charge in [-0.25, -0.2) is 0 Å².